The second-order valence-corrected chi connectivity index (χ2v) is 11.1. The molecule has 198 valence electrons. The fourth-order valence-electron chi connectivity index (χ4n) is 5.62. The molecule has 1 heterocycles. The summed E-state index contributed by atoms with van der Waals surface area (Å²) >= 11 is 12.9. The number of unbranched alkanes of at least 4 members (excludes halogenated alkanes) is 1. The van der Waals surface area contributed by atoms with Gasteiger partial charge in [-0.1, -0.05) is 60.8 Å². The number of carboxylic acid groups (broad SMARTS) is 1. The van der Waals surface area contributed by atoms with Crippen molar-refractivity contribution in [3.8, 4) is 5.75 Å². The highest BCUT2D eigenvalue weighted by atomic mass is 35.5. The van der Waals surface area contributed by atoms with Crippen molar-refractivity contribution in [3.05, 3.63) is 98.5 Å². The predicted molar refractivity (Wildman–Crippen MR) is 156 cm³/mol. The van der Waals surface area contributed by atoms with E-state index in [1.54, 1.807) is 12.1 Å². The molecule has 1 aliphatic heterocycles. The molecule has 0 bridgehead atoms. The Morgan fingerprint density at radius 2 is 1.82 bits per heavy atom. The highest BCUT2D eigenvalue weighted by Gasteiger charge is 2.25. The van der Waals surface area contributed by atoms with E-state index in [4.69, 9.17) is 27.9 Å². The van der Waals surface area contributed by atoms with Crippen LogP contribution in [0.2, 0.25) is 10.0 Å². The smallest absolute Gasteiger partial charge is 0.335 e. The fourth-order valence-corrected chi connectivity index (χ4v) is 6.15. The molecule has 1 aliphatic carbocycles. The first-order valence-corrected chi connectivity index (χ1v) is 14.2. The summed E-state index contributed by atoms with van der Waals surface area (Å²) in [5.41, 5.74) is 6.63. The van der Waals surface area contributed by atoms with E-state index in [1.165, 1.54) is 12.8 Å². The molecule has 1 atom stereocenters. The van der Waals surface area contributed by atoms with E-state index in [-0.39, 0.29) is 6.10 Å². The van der Waals surface area contributed by atoms with Crippen molar-refractivity contribution in [3.63, 3.8) is 0 Å². The molecule has 3 aromatic rings. The van der Waals surface area contributed by atoms with Crippen molar-refractivity contribution in [2.45, 2.75) is 51.6 Å². The zero-order chi connectivity index (χ0) is 26.6. The highest BCUT2D eigenvalue weighted by Crippen LogP contribution is 2.42. The highest BCUT2D eigenvalue weighted by molar-refractivity contribution is 6.36. The van der Waals surface area contributed by atoms with Gasteiger partial charge in [-0.2, -0.15) is 0 Å². The quantitative estimate of drug-likeness (QED) is 0.307. The lowest BCUT2D eigenvalue weighted by atomic mass is 9.87. The average molecular weight is 551 g/mol. The van der Waals surface area contributed by atoms with Gasteiger partial charge in [0, 0.05) is 23.1 Å². The van der Waals surface area contributed by atoms with Crippen molar-refractivity contribution in [2.75, 3.05) is 19.6 Å². The third-order valence-electron chi connectivity index (χ3n) is 7.56. The van der Waals surface area contributed by atoms with Crippen LogP contribution in [-0.4, -0.2) is 41.7 Å². The van der Waals surface area contributed by atoms with Crippen LogP contribution in [0.5, 0.6) is 5.75 Å². The van der Waals surface area contributed by atoms with Crippen LogP contribution in [0, 0.1) is 0 Å². The second kappa shape index (κ2) is 11.9. The number of aryl methyl sites for hydroxylation is 1. The molecule has 0 radical (unpaired) electrons. The maximum atomic E-state index is 11.7. The van der Waals surface area contributed by atoms with Crippen LogP contribution in [0.15, 0.2) is 60.7 Å². The van der Waals surface area contributed by atoms with Crippen molar-refractivity contribution in [1.82, 2.24) is 4.90 Å². The normalized spacial score (nSPS) is 17.8. The molecule has 4 nitrogen and oxygen atoms in total. The SMILES string of the molecule is CCCCN1CCC(Oc2ccc(C3=C(c4ccc(Cl)cc4Cl)CCCc4cc(C(=O)O)ccc43)cc2)C1. The molecule has 38 heavy (non-hydrogen) atoms. The number of likely N-dealkylation sites (tertiary alicyclic amines) is 1. The Labute approximate surface area is 234 Å². The Morgan fingerprint density at radius 1 is 1.03 bits per heavy atom. The van der Waals surface area contributed by atoms with Gasteiger partial charge in [0.15, 0.2) is 0 Å². The Hall–Kier alpha value is -2.79. The first kappa shape index (κ1) is 26.8. The Kier molecular flexibility index (Phi) is 8.42. The van der Waals surface area contributed by atoms with Crippen molar-refractivity contribution >= 4 is 40.3 Å². The number of fused-ring (bicyclic) bond motifs is 1. The molecule has 1 fully saturated rings. The van der Waals surface area contributed by atoms with Gasteiger partial charge in [0.05, 0.1) is 5.56 Å². The lowest BCUT2D eigenvalue weighted by molar-refractivity contribution is 0.0696. The predicted octanol–water partition coefficient (Wildman–Crippen LogP) is 8.24. The van der Waals surface area contributed by atoms with E-state index in [9.17, 15) is 9.90 Å². The summed E-state index contributed by atoms with van der Waals surface area (Å²) in [6.45, 7) is 5.44. The summed E-state index contributed by atoms with van der Waals surface area (Å²) in [4.78, 5) is 14.2. The summed E-state index contributed by atoms with van der Waals surface area (Å²) in [5.74, 6) is -0.0388. The third kappa shape index (κ3) is 5.93. The third-order valence-corrected chi connectivity index (χ3v) is 8.10. The van der Waals surface area contributed by atoms with Crippen LogP contribution in [0.1, 0.15) is 71.6 Å². The first-order valence-electron chi connectivity index (χ1n) is 13.5. The standard InChI is InChI=1S/C32H33Cl2NO3/c1-2-3-16-35-17-15-26(20-35)38-25-11-7-21(8-12-25)31-27-13-9-23(32(36)37)18-22(27)5-4-6-29(31)28-14-10-24(33)19-30(28)34/h7-14,18-19,26H,2-6,15-17,20H2,1H3,(H,36,37). The maximum Gasteiger partial charge on any atom is 0.335 e. The number of allylic oxidation sites excluding steroid dienone is 1. The summed E-state index contributed by atoms with van der Waals surface area (Å²) in [7, 11) is 0. The van der Waals surface area contributed by atoms with E-state index in [0.29, 0.717) is 15.6 Å². The number of aromatic carboxylic acids is 1. The van der Waals surface area contributed by atoms with Gasteiger partial charge >= 0.3 is 5.97 Å². The van der Waals surface area contributed by atoms with Crippen molar-refractivity contribution < 1.29 is 14.6 Å². The molecule has 1 unspecified atom stereocenters. The van der Waals surface area contributed by atoms with Gasteiger partial charge in [-0.05, 0) is 108 Å². The second-order valence-electron chi connectivity index (χ2n) is 10.2. The van der Waals surface area contributed by atoms with Crippen molar-refractivity contribution in [2.24, 2.45) is 0 Å². The molecule has 3 aromatic carbocycles. The average Bonchev–Trinajstić information content (AvgIpc) is 3.26. The number of halogens is 2. The van der Waals surface area contributed by atoms with E-state index >= 15 is 0 Å². The fraction of sp³-hybridized carbons (Fsp3) is 0.344. The molecule has 5 rings (SSSR count). The van der Waals surface area contributed by atoms with Crippen LogP contribution in [0.4, 0.5) is 0 Å². The minimum absolute atomic E-state index is 0.216. The number of hydrogen-bond donors (Lipinski definition) is 1. The zero-order valence-corrected chi connectivity index (χ0v) is 23.2. The van der Waals surface area contributed by atoms with E-state index in [1.807, 2.05) is 36.4 Å². The zero-order valence-electron chi connectivity index (χ0n) is 21.7. The number of benzene rings is 3. The van der Waals surface area contributed by atoms with E-state index in [0.717, 1.165) is 84.5 Å². The van der Waals surface area contributed by atoms with Crippen molar-refractivity contribution in [1.29, 1.82) is 0 Å². The maximum absolute atomic E-state index is 11.7. The van der Waals surface area contributed by atoms with Gasteiger partial charge in [0.25, 0.3) is 0 Å². The molecule has 0 spiro atoms. The topological polar surface area (TPSA) is 49.8 Å². The summed E-state index contributed by atoms with van der Waals surface area (Å²) in [6, 6.07) is 19.4. The largest absolute Gasteiger partial charge is 0.489 e. The van der Waals surface area contributed by atoms with Gasteiger partial charge in [0.1, 0.15) is 11.9 Å². The van der Waals surface area contributed by atoms with E-state index in [2.05, 4.69) is 24.0 Å². The number of ether oxygens (including phenoxy) is 1. The molecule has 1 N–H and O–H groups in total. The van der Waals surface area contributed by atoms with Gasteiger partial charge in [0.2, 0.25) is 0 Å². The summed E-state index contributed by atoms with van der Waals surface area (Å²) in [6.07, 6.45) is 6.22. The van der Waals surface area contributed by atoms with E-state index < -0.39 is 5.97 Å². The molecule has 1 saturated heterocycles. The lowest BCUT2D eigenvalue weighted by Gasteiger charge is -2.19. The Balaban J connectivity index is 1.51. The van der Waals surface area contributed by atoms with Crippen LogP contribution in [0.25, 0.3) is 11.1 Å². The van der Waals surface area contributed by atoms with Gasteiger partial charge in [-0.15, -0.1) is 0 Å². The molecule has 0 saturated carbocycles. The summed E-state index contributed by atoms with van der Waals surface area (Å²) in [5, 5.41) is 10.8. The molecule has 6 heteroatoms. The molecular weight excluding hydrogens is 517 g/mol. The lowest BCUT2D eigenvalue weighted by Crippen LogP contribution is -2.25. The van der Waals surface area contributed by atoms with Gasteiger partial charge in [-0.25, -0.2) is 4.79 Å². The minimum Gasteiger partial charge on any atom is -0.489 e. The number of hydrogen-bond acceptors (Lipinski definition) is 3. The number of rotatable bonds is 8. The van der Waals surface area contributed by atoms with Crippen LogP contribution < -0.4 is 4.74 Å². The van der Waals surface area contributed by atoms with Gasteiger partial charge in [-0.3, -0.25) is 4.90 Å². The van der Waals surface area contributed by atoms with Crippen LogP contribution in [0.3, 0.4) is 0 Å². The Morgan fingerprint density at radius 3 is 2.55 bits per heavy atom. The molecule has 2 aliphatic rings. The number of carbonyl (C=O) groups is 1. The van der Waals surface area contributed by atoms with Crippen LogP contribution >= 0.6 is 23.2 Å². The first-order chi connectivity index (χ1) is 18.4. The molecule has 0 aromatic heterocycles. The van der Waals surface area contributed by atoms with Crippen LogP contribution in [-0.2, 0) is 6.42 Å². The molecule has 0 amide bonds. The van der Waals surface area contributed by atoms with Gasteiger partial charge < -0.3 is 9.84 Å². The monoisotopic (exact) mass is 549 g/mol. The minimum atomic E-state index is -0.912. The number of nitrogens with zero attached hydrogens (tertiary/aromatic N) is 1. The Bertz CT molecular complexity index is 1350. The molecular formula is C32H33Cl2NO3. The summed E-state index contributed by atoms with van der Waals surface area (Å²) < 4.78 is 6.35. The number of carboxylic acids is 1.